The highest BCUT2D eigenvalue weighted by atomic mass is 79.9. The van der Waals surface area contributed by atoms with Gasteiger partial charge in [-0.25, -0.2) is 8.42 Å². The fourth-order valence-electron chi connectivity index (χ4n) is 3.08. The Bertz CT molecular complexity index is 1560. The van der Waals surface area contributed by atoms with Gasteiger partial charge in [-0.05, 0) is 76.6 Å². The lowest BCUT2D eigenvalue weighted by Gasteiger charge is -2.06. The number of aromatic nitrogens is 4. The van der Waals surface area contributed by atoms with Crippen LogP contribution in [0.2, 0.25) is 5.02 Å². The third kappa shape index (κ3) is 3.90. The maximum atomic E-state index is 12.9. The fraction of sp³-hybridized carbons (Fsp3) is 0. The first-order valence-corrected chi connectivity index (χ1v) is 13.4. The van der Waals surface area contributed by atoms with Gasteiger partial charge in [0.25, 0.3) is 0 Å². The van der Waals surface area contributed by atoms with E-state index in [2.05, 4.69) is 47.2 Å². The van der Waals surface area contributed by atoms with E-state index in [-0.39, 0.29) is 9.79 Å². The molecule has 6 nitrogen and oxygen atoms in total. The maximum absolute atomic E-state index is 12.9. The van der Waals surface area contributed by atoms with E-state index < -0.39 is 9.84 Å². The van der Waals surface area contributed by atoms with Crippen LogP contribution in [0.15, 0.2) is 85.5 Å². The Kier molecular flexibility index (Phi) is 5.67. The van der Waals surface area contributed by atoms with Crippen molar-refractivity contribution in [2.45, 2.75) is 9.79 Å². The molecule has 5 aromatic rings. The third-order valence-electron chi connectivity index (χ3n) is 4.70. The molecule has 0 bridgehead atoms. The maximum Gasteiger partial charge on any atom is 0.235 e. The highest BCUT2D eigenvalue weighted by molar-refractivity contribution is 9.10. The topological polar surface area (TPSA) is 77.2 Å². The van der Waals surface area contributed by atoms with Crippen molar-refractivity contribution in [3.05, 3.63) is 80.7 Å². The molecule has 11 heteroatoms. The van der Waals surface area contributed by atoms with Gasteiger partial charge in [0, 0.05) is 20.1 Å². The Balaban J connectivity index is 1.50. The average molecular weight is 611 g/mol. The molecule has 0 saturated carbocycles. The van der Waals surface area contributed by atoms with Crippen molar-refractivity contribution in [2.75, 3.05) is 0 Å². The molecular weight excluding hydrogens is 600 g/mol. The Morgan fingerprint density at radius 3 is 2.12 bits per heavy atom. The highest BCUT2D eigenvalue weighted by Gasteiger charge is 2.19. The summed E-state index contributed by atoms with van der Waals surface area (Å²) < 4.78 is 29.0. The van der Waals surface area contributed by atoms with Crippen molar-refractivity contribution in [3.8, 4) is 22.0 Å². The van der Waals surface area contributed by atoms with E-state index in [0.717, 1.165) is 19.5 Å². The summed E-state index contributed by atoms with van der Waals surface area (Å²) in [4.78, 5) is 1.07. The summed E-state index contributed by atoms with van der Waals surface area (Å²) in [5, 5.41) is 14.5. The summed E-state index contributed by atoms with van der Waals surface area (Å²) in [6, 6.07) is 18.7. The van der Waals surface area contributed by atoms with Gasteiger partial charge in [0.15, 0.2) is 5.82 Å². The summed E-state index contributed by atoms with van der Waals surface area (Å²) in [7, 11) is -3.62. The van der Waals surface area contributed by atoms with Gasteiger partial charge in [0.2, 0.25) is 14.8 Å². The van der Waals surface area contributed by atoms with Gasteiger partial charge in [-0.2, -0.15) is 9.61 Å². The standard InChI is InChI=1S/C21H11Br2ClN4O2S2/c22-14-4-8-16(9-5-14)32(29,30)15-6-1-12(2-7-15)19-25-26-21-28(19)27-20(31-21)13-3-10-18(24)17(23)11-13/h1-11H. The summed E-state index contributed by atoms with van der Waals surface area (Å²) in [5.74, 6) is 0.531. The van der Waals surface area contributed by atoms with Crippen molar-refractivity contribution in [3.63, 3.8) is 0 Å². The minimum Gasteiger partial charge on any atom is -0.219 e. The van der Waals surface area contributed by atoms with E-state index in [4.69, 9.17) is 11.6 Å². The largest absolute Gasteiger partial charge is 0.235 e. The monoisotopic (exact) mass is 608 g/mol. The molecule has 0 aliphatic rings. The van der Waals surface area contributed by atoms with Gasteiger partial charge >= 0.3 is 0 Å². The second-order valence-corrected chi connectivity index (χ2v) is 11.8. The molecule has 32 heavy (non-hydrogen) atoms. The zero-order valence-electron chi connectivity index (χ0n) is 15.9. The quantitative estimate of drug-likeness (QED) is 0.231. The Morgan fingerprint density at radius 2 is 1.47 bits per heavy atom. The zero-order valence-corrected chi connectivity index (χ0v) is 21.5. The summed E-state index contributed by atoms with van der Waals surface area (Å²) in [5.41, 5.74) is 1.61. The number of hydrogen-bond donors (Lipinski definition) is 0. The summed E-state index contributed by atoms with van der Waals surface area (Å²) >= 11 is 14.2. The number of sulfone groups is 1. The molecule has 0 unspecified atom stereocenters. The predicted molar refractivity (Wildman–Crippen MR) is 132 cm³/mol. The van der Waals surface area contributed by atoms with Gasteiger partial charge in [0.1, 0.15) is 5.01 Å². The lowest BCUT2D eigenvalue weighted by molar-refractivity contribution is 0.596. The average Bonchev–Trinajstić information content (AvgIpc) is 3.37. The van der Waals surface area contributed by atoms with E-state index in [9.17, 15) is 8.42 Å². The second-order valence-electron chi connectivity index (χ2n) is 6.74. The Hall–Kier alpha value is -2.11. The molecule has 0 atom stereocenters. The van der Waals surface area contributed by atoms with Crippen LogP contribution in [0.3, 0.4) is 0 Å². The van der Waals surface area contributed by atoms with Crippen molar-refractivity contribution < 1.29 is 8.42 Å². The van der Waals surface area contributed by atoms with E-state index in [0.29, 0.717) is 21.4 Å². The summed E-state index contributed by atoms with van der Waals surface area (Å²) in [6.45, 7) is 0. The molecule has 5 rings (SSSR count). The Morgan fingerprint density at radius 1 is 0.844 bits per heavy atom. The van der Waals surface area contributed by atoms with Crippen LogP contribution in [0.25, 0.3) is 26.9 Å². The zero-order chi connectivity index (χ0) is 22.5. The number of halogens is 3. The fourth-order valence-corrected chi connectivity index (χ4v) is 5.93. The van der Waals surface area contributed by atoms with Crippen LogP contribution in [0, 0.1) is 0 Å². The Labute approximate surface area is 209 Å². The number of hydrogen-bond acceptors (Lipinski definition) is 6. The minimum absolute atomic E-state index is 0.203. The van der Waals surface area contributed by atoms with Gasteiger partial charge in [-0.3, -0.25) is 0 Å². The molecule has 2 aromatic heterocycles. The molecule has 0 amide bonds. The molecule has 0 N–H and O–H groups in total. The van der Waals surface area contributed by atoms with E-state index in [1.165, 1.54) is 11.3 Å². The molecule has 2 heterocycles. The van der Waals surface area contributed by atoms with Crippen LogP contribution in [-0.2, 0) is 9.84 Å². The third-order valence-corrected chi connectivity index (χ3v) is 9.18. The molecule has 3 aromatic carbocycles. The van der Waals surface area contributed by atoms with Crippen LogP contribution in [0.5, 0.6) is 0 Å². The lowest BCUT2D eigenvalue weighted by atomic mass is 10.2. The molecule has 0 radical (unpaired) electrons. The van der Waals surface area contributed by atoms with Crippen molar-refractivity contribution in [1.29, 1.82) is 0 Å². The van der Waals surface area contributed by atoms with E-state index in [1.807, 2.05) is 12.1 Å². The number of rotatable bonds is 4. The molecule has 0 spiro atoms. The lowest BCUT2D eigenvalue weighted by Crippen LogP contribution is -2.02. The molecule has 0 aliphatic carbocycles. The van der Waals surface area contributed by atoms with Crippen LogP contribution in [0.1, 0.15) is 0 Å². The number of benzene rings is 3. The van der Waals surface area contributed by atoms with Gasteiger partial charge in [-0.15, -0.1) is 10.2 Å². The van der Waals surface area contributed by atoms with Crippen molar-refractivity contribution in [2.24, 2.45) is 0 Å². The first kappa shape index (κ1) is 21.7. The molecular formula is C21H11Br2ClN4O2S2. The van der Waals surface area contributed by atoms with Crippen molar-refractivity contribution >= 4 is 69.6 Å². The normalized spacial score (nSPS) is 11.8. The molecule has 0 saturated heterocycles. The van der Waals surface area contributed by atoms with Crippen LogP contribution < -0.4 is 0 Å². The number of nitrogens with zero attached hydrogens (tertiary/aromatic N) is 4. The first-order valence-electron chi connectivity index (χ1n) is 9.12. The SMILES string of the molecule is O=S(=O)(c1ccc(Br)cc1)c1ccc(-c2nnc3sc(-c4ccc(Cl)c(Br)c4)nn23)cc1. The summed E-state index contributed by atoms with van der Waals surface area (Å²) in [6.07, 6.45) is 0. The van der Waals surface area contributed by atoms with E-state index in [1.54, 1.807) is 59.1 Å². The van der Waals surface area contributed by atoms with Crippen LogP contribution in [0.4, 0.5) is 0 Å². The second kappa shape index (κ2) is 8.35. The predicted octanol–water partition coefficient (Wildman–Crippen LogP) is 6.53. The molecule has 0 aliphatic heterocycles. The van der Waals surface area contributed by atoms with Crippen LogP contribution in [-0.4, -0.2) is 28.2 Å². The highest BCUT2D eigenvalue weighted by Crippen LogP contribution is 2.33. The van der Waals surface area contributed by atoms with Gasteiger partial charge < -0.3 is 0 Å². The molecule has 160 valence electrons. The minimum atomic E-state index is -3.62. The molecule has 0 fully saturated rings. The van der Waals surface area contributed by atoms with Gasteiger partial charge in [0.05, 0.1) is 14.8 Å². The first-order chi connectivity index (χ1) is 15.3. The van der Waals surface area contributed by atoms with Crippen molar-refractivity contribution in [1.82, 2.24) is 19.8 Å². The van der Waals surface area contributed by atoms with E-state index >= 15 is 0 Å². The van der Waals surface area contributed by atoms with Gasteiger partial charge in [-0.1, -0.05) is 44.9 Å². The van der Waals surface area contributed by atoms with Crippen LogP contribution >= 0.6 is 54.8 Å². The smallest absolute Gasteiger partial charge is 0.219 e. The number of fused-ring (bicyclic) bond motifs is 1.